The molecule has 0 heterocycles. The Balaban J connectivity index is 4.78. The first-order chi connectivity index (χ1) is 8.32. The van der Waals surface area contributed by atoms with Crippen LogP contribution in [0, 0.1) is 0 Å². The number of nitrogens with zero attached hydrogens (tertiary/aromatic N) is 1. The summed E-state index contributed by atoms with van der Waals surface area (Å²) in [5.74, 6) is -1.07. The number of alkyl halides is 3. The molecule has 6 nitrogen and oxygen atoms in total. The fourth-order valence-electron chi connectivity index (χ4n) is 1.01. The van der Waals surface area contributed by atoms with Gasteiger partial charge in [0.15, 0.2) is 0 Å². The highest BCUT2D eigenvalue weighted by Crippen LogP contribution is 2.16. The molecule has 0 rings (SSSR count). The van der Waals surface area contributed by atoms with E-state index < -0.39 is 36.4 Å². The number of hydrazine groups is 1. The van der Waals surface area contributed by atoms with Crippen molar-refractivity contribution in [1.82, 2.24) is 10.4 Å². The lowest BCUT2D eigenvalue weighted by Gasteiger charge is -2.27. The molecule has 0 aromatic heterocycles. The number of hydrogen-bond donors (Lipinski definition) is 2. The van der Waals surface area contributed by atoms with Crippen molar-refractivity contribution >= 4 is 12.0 Å². The summed E-state index contributed by atoms with van der Waals surface area (Å²) in [6, 6.07) is -1.18. The zero-order valence-corrected chi connectivity index (χ0v) is 11.2. The maximum Gasteiger partial charge on any atom is 0.426 e. The van der Waals surface area contributed by atoms with Crippen LogP contribution in [-0.4, -0.2) is 41.4 Å². The Bertz CT molecular complexity index is 337. The second-order valence-corrected chi connectivity index (χ2v) is 4.94. The third-order valence-electron chi connectivity index (χ3n) is 1.62. The number of nitrogens with one attached hydrogen (secondary N) is 1. The topological polar surface area (TPSA) is 84.7 Å². The molecule has 0 radical (unpaired) electrons. The van der Waals surface area contributed by atoms with Gasteiger partial charge in [0, 0.05) is 0 Å². The molecule has 0 aromatic carbocycles. The molecule has 0 bridgehead atoms. The lowest BCUT2D eigenvalue weighted by atomic mass is 10.2. The molecule has 2 amide bonds. The van der Waals surface area contributed by atoms with Gasteiger partial charge >= 0.3 is 12.3 Å². The van der Waals surface area contributed by atoms with Gasteiger partial charge in [0.25, 0.3) is 5.91 Å². The molecule has 0 spiro atoms. The second-order valence-electron chi connectivity index (χ2n) is 4.94. The van der Waals surface area contributed by atoms with Gasteiger partial charge in [0.05, 0.1) is 6.04 Å². The number of nitrogens with two attached hydrogens (primary N) is 1. The summed E-state index contributed by atoms with van der Waals surface area (Å²) in [5, 5.41) is 0.0960. The molecular weight excluding hydrogens is 267 g/mol. The highest BCUT2D eigenvalue weighted by Gasteiger charge is 2.35. The largest absolute Gasteiger partial charge is 0.443 e. The van der Waals surface area contributed by atoms with Crippen molar-refractivity contribution in [3.63, 3.8) is 0 Å². The summed E-state index contributed by atoms with van der Waals surface area (Å²) in [7, 11) is 0. The minimum atomic E-state index is -4.67. The lowest BCUT2D eigenvalue weighted by molar-refractivity contribution is -0.167. The van der Waals surface area contributed by atoms with Gasteiger partial charge < -0.3 is 10.5 Å². The summed E-state index contributed by atoms with van der Waals surface area (Å²) in [6.45, 7) is 4.17. The molecule has 112 valence electrons. The smallest absolute Gasteiger partial charge is 0.426 e. The summed E-state index contributed by atoms with van der Waals surface area (Å²) in [5.41, 5.74) is 6.04. The van der Waals surface area contributed by atoms with E-state index in [1.54, 1.807) is 5.43 Å². The van der Waals surface area contributed by atoms with Gasteiger partial charge in [-0.25, -0.2) is 15.2 Å². The average molecular weight is 285 g/mol. The Morgan fingerprint density at radius 2 is 1.79 bits per heavy atom. The number of amides is 2. The van der Waals surface area contributed by atoms with Crippen LogP contribution >= 0.6 is 0 Å². The standard InChI is InChI=1S/C10H18F3N3O3/c1-6(14)7(17)16(5-10(11,12)13)15-8(18)19-9(2,3)4/h6H,5,14H2,1-4H3,(H,15,18)/t6-/m1/s1. The molecule has 0 unspecified atom stereocenters. The van der Waals surface area contributed by atoms with E-state index >= 15 is 0 Å². The number of carbonyl (C=O) groups is 2. The SMILES string of the molecule is C[C@@H](N)C(=O)N(CC(F)(F)F)NC(=O)OC(C)(C)C. The van der Waals surface area contributed by atoms with Crippen LogP contribution < -0.4 is 11.2 Å². The van der Waals surface area contributed by atoms with Gasteiger partial charge in [-0.15, -0.1) is 0 Å². The van der Waals surface area contributed by atoms with Gasteiger partial charge in [-0.2, -0.15) is 13.2 Å². The lowest BCUT2D eigenvalue weighted by Crippen LogP contribution is -2.55. The van der Waals surface area contributed by atoms with Crippen molar-refractivity contribution in [3.05, 3.63) is 0 Å². The van der Waals surface area contributed by atoms with Gasteiger partial charge in [-0.1, -0.05) is 0 Å². The first kappa shape index (κ1) is 17.5. The minimum Gasteiger partial charge on any atom is -0.443 e. The second kappa shape index (κ2) is 6.09. The Hall–Kier alpha value is -1.51. The zero-order chi connectivity index (χ0) is 15.4. The van der Waals surface area contributed by atoms with E-state index in [-0.39, 0.29) is 5.01 Å². The molecule has 0 aliphatic rings. The molecule has 0 aliphatic carbocycles. The Kier molecular flexibility index (Phi) is 5.61. The molecule has 9 heteroatoms. The first-order valence-electron chi connectivity index (χ1n) is 5.45. The van der Waals surface area contributed by atoms with Crippen LogP contribution in [0.1, 0.15) is 27.7 Å². The summed E-state index contributed by atoms with van der Waals surface area (Å²) in [6.07, 6.45) is -5.83. The van der Waals surface area contributed by atoms with E-state index in [0.717, 1.165) is 0 Å². The highest BCUT2D eigenvalue weighted by atomic mass is 19.4. The molecule has 3 N–H and O–H groups in total. The monoisotopic (exact) mass is 285 g/mol. The van der Waals surface area contributed by atoms with E-state index in [1.165, 1.54) is 27.7 Å². The zero-order valence-electron chi connectivity index (χ0n) is 11.2. The molecule has 1 atom stereocenters. The first-order valence-corrected chi connectivity index (χ1v) is 5.45. The van der Waals surface area contributed by atoms with Crippen molar-refractivity contribution in [2.75, 3.05) is 6.54 Å². The molecule has 0 saturated heterocycles. The summed E-state index contributed by atoms with van der Waals surface area (Å²) >= 11 is 0. The van der Waals surface area contributed by atoms with Crippen LogP contribution in [-0.2, 0) is 9.53 Å². The van der Waals surface area contributed by atoms with Crippen LogP contribution in [0.5, 0.6) is 0 Å². The molecule has 19 heavy (non-hydrogen) atoms. The molecule has 0 saturated carbocycles. The van der Waals surface area contributed by atoms with Crippen molar-refractivity contribution in [2.24, 2.45) is 5.73 Å². The summed E-state index contributed by atoms with van der Waals surface area (Å²) < 4.78 is 41.6. The van der Waals surface area contributed by atoms with Crippen molar-refractivity contribution in [2.45, 2.75) is 45.5 Å². The van der Waals surface area contributed by atoms with Crippen LogP contribution in [0.15, 0.2) is 0 Å². The van der Waals surface area contributed by atoms with Crippen LogP contribution in [0.2, 0.25) is 0 Å². The van der Waals surface area contributed by atoms with Crippen LogP contribution in [0.3, 0.4) is 0 Å². The van der Waals surface area contributed by atoms with E-state index in [0.29, 0.717) is 0 Å². The predicted molar refractivity (Wildman–Crippen MR) is 60.8 cm³/mol. The number of rotatable bonds is 2. The predicted octanol–water partition coefficient (Wildman–Crippen LogP) is 1.16. The Labute approximate surface area is 109 Å². The normalized spacial score (nSPS) is 13.7. The Morgan fingerprint density at radius 1 is 1.32 bits per heavy atom. The molecule has 0 aliphatic heterocycles. The fraction of sp³-hybridized carbons (Fsp3) is 0.800. The number of carbonyl (C=O) groups excluding carboxylic acids is 2. The van der Waals surface area contributed by atoms with E-state index in [1.807, 2.05) is 0 Å². The minimum absolute atomic E-state index is 0.0960. The molecular formula is C10H18F3N3O3. The van der Waals surface area contributed by atoms with E-state index in [9.17, 15) is 22.8 Å². The highest BCUT2D eigenvalue weighted by molar-refractivity contribution is 5.83. The van der Waals surface area contributed by atoms with Crippen molar-refractivity contribution < 1.29 is 27.5 Å². The van der Waals surface area contributed by atoms with E-state index in [2.05, 4.69) is 0 Å². The third-order valence-corrected chi connectivity index (χ3v) is 1.62. The fourth-order valence-corrected chi connectivity index (χ4v) is 1.01. The van der Waals surface area contributed by atoms with Crippen molar-refractivity contribution in [3.8, 4) is 0 Å². The summed E-state index contributed by atoms with van der Waals surface area (Å²) in [4.78, 5) is 22.8. The number of halogens is 3. The Morgan fingerprint density at radius 3 is 2.11 bits per heavy atom. The maximum absolute atomic E-state index is 12.3. The molecule has 0 aromatic rings. The average Bonchev–Trinajstić information content (AvgIpc) is 2.09. The number of hydrogen-bond acceptors (Lipinski definition) is 4. The quantitative estimate of drug-likeness (QED) is 0.746. The van der Waals surface area contributed by atoms with Gasteiger partial charge in [-0.05, 0) is 27.7 Å². The van der Waals surface area contributed by atoms with Gasteiger partial charge in [0.1, 0.15) is 12.1 Å². The van der Waals surface area contributed by atoms with Gasteiger partial charge in [-0.3, -0.25) is 4.79 Å². The van der Waals surface area contributed by atoms with Crippen LogP contribution in [0.4, 0.5) is 18.0 Å². The number of ether oxygens (including phenoxy) is 1. The van der Waals surface area contributed by atoms with Crippen molar-refractivity contribution in [1.29, 1.82) is 0 Å². The van der Waals surface area contributed by atoms with E-state index in [4.69, 9.17) is 10.5 Å². The molecule has 0 fully saturated rings. The third kappa shape index (κ3) is 8.25. The van der Waals surface area contributed by atoms with Gasteiger partial charge in [0.2, 0.25) is 0 Å². The van der Waals surface area contributed by atoms with Crippen LogP contribution in [0.25, 0.3) is 0 Å². The maximum atomic E-state index is 12.3.